The van der Waals surface area contributed by atoms with Gasteiger partial charge < -0.3 is 15.0 Å². The number of aromatic amines is 1. The van der Waals surface area contributed by atoms with Gasteiger partial charge in [-0.1, -0.05) is 63.2 Å². The summed E-state index contributed by atoms with van der Waals surface area (Å²) in [4.78, 5) is 19.0. The van der Waals surface area contributed by atoms with Crippen LogP contribution in [0.2, 0.25) is 0 Å². The van der Waals surface area contributed by atoms with Crippen molar-refractivity contribution in [1.82, 2.24) is 15.2 Å². The minimum Gasteiger partial charge on any atom is -0.379 e. The number of nitrogens with one attached hydrogen (secondary N) is 3. The summed E-state index contributed by atoms with van der Waals surface area (Å²) >= 11 is 0. The summed E-state index contributed by atoms with van der Waals surface area (Å²) in [5.74, 6) is -0.232. The average molecular weight is 561 g/mol. The number of nitrogens with zero attached hydrogens (tertiary/aromatic N) is 1. The van der Waals surface area contributed by atoms with Crippen molar-refractivity contribution in [3.05, 3.63) is 84.1 Å². The van der Waals surface area contributed by atoms with Crippen LogP contribution < -0.4 is 10.0 Å². The fourth-order valence-corrected chi connectivity index (χ4v) is 5.99. The van der Waals surface area contributed by atoms with Crippen molar-refractivity contribution in [3.8, 4) is 11.1 Å². The Morgan fingerprint density at radius 3 is 2.35 bits per heavy atom. The molecule has 0 saturated carbocycles. The van der Waals surface area contributed by atoms with E-state index in [2.05, 4.69) is 40.7 Å². The fourth-order valence-electron chi connectivity index (χ4n) is 4.91. The summed E-state index contributed by atoms with van der Waals surface area (Å²) in [7, 11) is -3.87. The van der Waals surface area contributed by atoms with Gasteiger partial charge >= 0.3 is 0 Å². The Kier molecular flexibility index (Phi) is 7.98. The SMILES string of the molecule is CC(C)(C)c1ccc(NS(=O)(=O)c2ccc3[nH]c(C(=O)NCCN4CCOCC4)c(-c4ccccc4)c3c2)cc1. The molecule has 1 saturated heterocycles. The van der Waals surface area contributed by atoms with Crippen molar-refractivity contribution >= 4 is 32.5 Å². The van der Waals surface area contributed by atoms with E-state index in [1.807, 2.05) is 42.5 Å². The number of amides is 1. The van der Waals surface area contributed by atoms with Crippen molar-refractivity contribution in [3.63, 3.8) is 0 Å². The van der Waals surface area contributed by atoms with E-state index >= 15 is 0 Å². The van der Waals surface area contributed by atoms with Crippen LogP contribution in [0.3, 0.4) is 0 Å². The second-order valence-corrected chi connectivity index (χ2v) is 12.8. The molecule has 1 aliphatic heterocycles. The van der Waals surface area contributed by atoms with E-state index in [-0.39, 0.29) is 16.2 Å². The van der Waals surface area contributed by atoms with Gasteiger partial charge in [0.2, 0.25) is 0 Å². The predicted molar refractivity (Wildman–Crippen MR) is 159 cm³/mol. The smallest absolute Gasteiger partial charge is 0.268 e. The highest BCUT2D eigenvalue weighted by atomic mass is 32.2. The largest absolute Gasteiger partial charge is 0.379 e. The first-order valence-corrected chi connectivity index (χ1v) is 15.0. The Bertz CT molecular complexity index is 1580. The maximum Gasteiger partial charge on any atom is 0.268 e. The number of sulfonamides is 1. The normalized spacial score (nSPS) is 14.8. The van der Waals surface area contributed by atoms with Crippen LogP contribution in [0.25, 0.3) is 22.0 Å². The Morgan fingerprint density at radius 2 is 1.68 bits per heavy atom. The number of carbonyl (C=O) groups excluding carboxylic acids is 1. The molecule has 1 aromatic heterocycles. The molecule has 0 unspecified atom stereocenters. The summed E-state index contributed by atoms with van der Waals surface area (Å²) in [6, 6.07) is 21.9. The molecule has 0 bridgehead atoms. The molecule has 1 amide bonds. The molecule has 0 spiro atoms. The lowest BCUT2D eigenvalue weighted by molar-refractivity contribution is 0.0383. The Balaban J connectivity index is 1.44. The van der Waals surface area contributed by atoms with Crippen molar-refractivity contribution in [1.29, 1.82) is 0 Å². The number of benzene rings is 3. The van der Waals surface area contributed by atoms with E-state index in [9.17, 15) is 13.2 Å². The molecular formula is C31H36N4O4S. The van der Waals surface area contributed by atoms with Gasteiger partial charge in [-0.25, -0.2) is 8.42 Å². The summed E-state index contributed by atoms with van der Waals surface area (Å²) in [5, 5.41) is 3.69. The molecule has 5 rings (SSSR count). The van der Waals surface area contributed by atoms with Gasteiger partial charge in [0.05, 0.1) is 18.1 Å². The zero-order chi connectivity index (χ0) is 28.3. The third kappa shape index (κ3) is 6.22. The topological polar surface area (TPSA) is 104 Å². The first-order chi connectivity index (χ1) is 19.1. The summed E-state index contributed by atoms with van der Waals surface area (Å²) in [5.41, 5.74) is 4.17. The monoisotopic (exact) mass is 560 g/mol. The highest BCUT2D eigenvalue weighted by Gasteiger charge is 2.23. The third-order valence-electron chi connectivity index (χ3n) is 7.19. The van der Waals surface area contributed by atoms with Gasteiger partial charge in [0.15, 0.2) is 0 Å². The Morgan fingerprint density at radius 1 is 0.975 bits per heavy atom. The van der Waals surface area contributed by atoms with Gasteiger partial charge in [0.1, 0.15) is 5.69 Å². The fraction of sp³-hybridized carbons (Fsp3) is 0.323. The number of H-pyrrole nitrogens is 1. The van der Waals surface area contributed by atoms with Crippen LogP contribution >= 0.6 is 0 Å². The van der Waals surface area contributed by atoms with Crippen LogP contribution in [0.15, 0.2) is 77.7 Å². The van der Waals surface area contributed by atoms with Crippen LogP contribution in [0.5, 0.6) is 0 Å². The third-order valence-corrected chi connectivity index (χ3v) is 8.57. The molecule has 2 heterocycles. The molecule has 3 aromatic carbocycles. The maximum atomic E-state index is 13.4. The average Bonchev–Trinajstić information content (AvgIpc) is 3.33. The Labute approximate surface area is 235 Å². The van der Waals surface area contributed by atoms with Gasteiger partial charge in [-0.3, -0.25) is 14.4 Å². The minimum absolute atomic E-state index is 0.0307. The zero-order valence-corrected chi connectivity index (χ0v) is 24.0. The lowest BCUT2D eigenvalue weighted by Gasteiger charge is -2.26. The summed E-state index contributed by atoms with van der Waals surface area (Å²) in [6.45, 7) is 10.7. The molecule has 1 aliphatic rings. The molecule has 40 heavy (non-hydrogen) atoms. The van der Waals surface area contributed by atoms with E-state index in [1.54, 1.807) is 30.3 Å². The van der Waals surface area contributed by atoms with Crippen molar-refractivity contribution in [2.24, 2.45) is 0 Å². The number of carbonyl (C=O) groups is 1. The number of ether oxygens (including phenoxy) is 1. The van der Waals surface area contributed by atoms with Crippen molar-refractivity contribution < 1.29 is 17.9 Å². The van der Waals surface area contributed by atoms with Crippen molar-refractivity contribution in [2.75, 3.05) is 44.1 Å². The lowest BCUT2D eigenvalue weighted by atomic mass is 9.87. The quantitative estimate of drug-likeness (QED) is 0.282. The van der Waals surface area contributed by atoms with E-state index in [1.165, 1.54) is 0 Å². The number of hydrogen-bond donors (Lipinski definition) is 3. The molecule has 0 atom stereocenters. The predicted octanol–water partition coefficient (Wildman–Crippen LogP) is 5.00. The van der Waals surface area contributed by atoms with Gasteiger partial charge in [-0.05, 0) is 46.9 Å². The molecule has 4 aromatic rings. The molecule has 8 nitrogen and oxygen atoms in total. The van der Waals surface area contributed by atoms with Gasteiger partial charge in [0, 0.05) is 48.3 Å². The maximum absolute atomic E-state index is 13.4. The summed E-state index contributed by atoms with van der Waals surface area (Å²) < 4.78 is 34.9. The molecule has 3 N–H and O–H groups in total. The molecule has 0 radical (unpaired) electrons. The van der Waals surface area contributed by atoms with E-state index in [0.717, 1.165) is 30.8 Å². The van der Waals surface area contributed by atoms with Crippen LogP contribution in [-0.4, -0.2) is 63.6 Å². The van der Waals surface area contributed by atoms with E-state index in [0.29, 0.717) is 47.6 Å². The second-order valence-electron chi connectivity index (χ2n) is 11.1. The van der Waals surface area contributed by atoms with Crippen LogP contribution in [0, 0.1) is 0 Å². The number of anilines is 1. The number of morpholine rings is 1. The zero-order valence-electron chi connectivity index (χ0n) is 23.2. The number of rotatable bonds is 8. The van der Waals surface area contributed by atoms with E-state index in [4.69, 9.17) is 4.74 Å². The van der Waals surface area contributed by atoms with Crippen molar-refractivity contribution in [2.45, 2.75) is 31.1 Å². The molecule has 9 heteroatoms. The molecule has 0 aliphatic carbocycles. The second kappa shape index (κ2) is 11.4. The van der Waals surface area contributed by atoms with Crippen LogP contribution in [0.1, 0.15) is 36.8 Å². The number of hydrogen-bond acceptors (Lipinski definition) is 5. The van der Waals surface area contributed by atoms with Crippen LogP contribution in [0.4, 0.5) is 5.69 Å². The number of aromatic nitrogens is 1. The van der Waals surface area contributed by atoms with Gasteiger partial charge in [0.25, 0.3) is 15.9 Å². The van der Waals surface area contributed by atoms with Crippen LogP contribution in [-0.2, 0) is 20.2 Å². The minimum atomic E-state index is -3.87. The summed E-state index contributed by atoms with van der Waals surface area (Å²) in [6.07, 6.45) is 0. The van der Waals surface area contributed by atoms with Gasteiger partial charge in [-0.2, -0.15) is 0 Å². The lowest BCUT2D eigenvalue weighted by Crippen LogP contribution is -2.41. The molecular weight excluding hydrogens is 524 g/mol. The first kappa shape index (κ1) is 27.9. The number of fused-ring (bicyclic) bond motifs is 1. The van der Waals surface area contributed by atoms with E-state index < -0.39 is 10.0 Å². The highest BCUT2D eigenvalue weighted by Crippen LogP contribution is 2.34. The Hall–Kier alpha value is -3.66. The molecule has 1 fully saturated rings. The first-order valence-electron chi connectivity index (χ1n) is 13.5. The highest BCUT2D eigenvalue weighted by molar-refractivity contribution is 7.92. The molecule has 210 valence electrons. The standard InChI is InChI=1S/C31H36N4O4S/c1-31(2,3)23-9-11-24(12-10-23)34-40(37,38)25-13-14-27-26(21-25)28(22-7-5-4-6-8-22)29(33-27)30(36)32-15-16-35-17-19-39-20-18-35/h4-14,21,33-34H,15-20H2,1-3H3,(H,32,36). The van der Waals surface area contributed by atoms with Gasteiger partial charge in [-0.15, -0.1) is 0 Å².